The summed E-state index contributed by atoms with van der Waals surface area (Å²) < 4.78 is 31.5. The highest BCUT2D eigenvalue weighted by Gasteiger charge is 2.36. The van der Waals surface area contributed by atoms with Crippen LogP contribution in [-0.2, 0) is 4.79 Å². The second-order valence-electron chi connectivity index (χ2n) is 6.48. The lowest BCUT2D eigenvalue weighted by atomic mass is 9.79. The molecule has 2 N–H and O–H groups in total. The molecule has 2 unspecified atom stereocenters. The van der Waals surface area contributed by atoms with Crippen molar-refractivity contribution in [1.82, 2.24) is 4.90 Å². The second kappa shape index (κ2) is 6.20. The van der Waals surface area contributed by atoms with Gasteiger partial charge in [-0.2, -0.15) is 0 Å². The van der Waals surface area contributed by atoms with Crippen LogP contribution in [0.25, 0.3) is 0 Å². The Morgan fingerprint density at radius 3 is 2.68 bits per heavy atom. The minimum absolute atomic E-state index is 0.0546. The zero-order chi connectivity index (χ0) is 16.5. The lowest BCUT2D eigenvalue weighted by Crippen LogP contribution is -2.56. The predicted octanol–water partition coefficient (Wildman–Crippen LogP) is 2.32. The van der Waals surface area contributed by atoms with Crippen LogP contribution in [0.1, 0.15) is 27.2 Å². The Hall–Kier alpha value is -1.69. The number of halogens is 2. The number of carbonyl (C=O) groups excluding carboxylic acids is 1. The third-order valence-electron chi connectivity index (χ3n) is 4.18. The van der Waals surface area contributed by atoms with Crippen LogP contribution in [-0.4, -0.2) is 36.0 Å². The summed E-state index contributed by atoms with van der Waals surface area (Å²) in [6.45, 7) is 6.79. The van der Waals surface area contributed by atoms with E-state index in [0.717, 1.165) is 18.6 Å². The maximum absolute atomic E-state index is 13.2. The lowest BCUT2D eigenvalue weighted by molar-refractivity contribution is -0.141. The van der Waals surface area contributed by atoms with Gasteiger partial charge in [0.15, 0.2) is 17.7 Å². The Bertz CT molecular complexity index is 563. The van der Waals surface area contributed by atoms with Gasteiger partial charge in [0.05, 0.1) is 0 Å². The molecule has 122 valence electrons. The summed E-state index contributed by atoms with van der Waals surface area (Å²) in [7, 11) is 0. The maximum Gasteiger partial charge on any atom is 0.263 e. The number of rotatable bonds is 3. The molecule has 1 aromatic rings. The van der Waals surface area contributed by atoms with Gasteiger partial charge < -0.3 is 15.4 Å². The molecule has 0 aromatic heterocycles. The fourth-order valence-corrected chi connectivity index (χ4v) is 2.62. The first-order chi connectivity index (χ1) is 10.2. The van der Waals surface area contributed by atoms with Crippen molar-refractivity contribution in [2.24, 2.45) is 11.1 Å². The summed E-state index contributed by atoms with van der Waals surface area (Å²) in [5.74, 6) is -1.99. The molecule has 0 saturated carbocycles. The van der Waals surface area contributed by atoms with Gasteiger partial charge in [0, 0.05) is 25.2 Å². The minimum Gasteiger partial charge on any atom is -0.481 e. The molecule has 2 rings (SSSR count). The van der Waals surface area contributed by atoms with Crippen molar-refractivity contribution >= 4 is 5.91 Å². The molecular weight excluding hydrogens is 290 g/mol. The van der Waals surface area contributed by atoms with Crippen molar-refractivity contribution < 1.29 is 18.3 Å². The normalized spacial score (nSPS) is 22.3. The van der Waals surface area contributed by atoms with E-state index < -0.39 is 17.7 Å². The summed E-state index contributed by atoms with van der Waals surface area (Å²) in [5, 5.41) is 0. The fraction of sp³-hybridized carbons (Fsp3) is 0.562. The van der Waals surface area contributed by atoms with Gasteiger partial charge in [0.25, 0.3) is 5.91 Å². The molecule has 22 heavy (non-hydrogen) atoms. The molecule has 0 bridgehead atoms. The molecule has 1 aromatic carbocycles. The maximum atomic E-state index is 13.2. The molecule has 0 aliphatic carbocycles. The van der Waals surface area contributed by atoms with E-state index in [4.69, 9.17) is 10.5 Å². The van der Waals surface area contributed by atoms with Crippen LogP contribution in [0.5, 0.6) is 5.75 Å². The zero-order valence-electron chi connectivity index (χ0n) is 13.1. The Morgan fingerprint density at radius 1 is 1.41 bits per heavy atom. The molecule has 1 aliphatic rings. The van der Waals surface area contributed by atoms with E-state index in [1.807, 2.05) is 13.8 Å². The van der Waals surface area contributed by atoms with E-state index >= 15 is 0 Å². The van der Waals surface area contributed by atoms with Crippen molar-refractivity contribution in [3.63, 3.8) is 0 Å². The molecular formula is C16H22F2N2O2. The van der Waals surface area contributed by atoms with E-state index in [9.17, 15) is 13.6 Å². The molecule has 1 fully saturated rings. The minimum atomic E-state index is -0.998. The topological polar surface area (TPSA) is 55.6 Å². The average Bonchev–Trinajstić information content (AvgIpc) is 2.45. The van der Waals surface area contributed by atoms with Crippen LogP contribution in [0, 0.1) is 17.0 Å². The third-order valence-corrected chi connectivity index (χ3v) is 4.18. The number of likely N-dealkylation sites (tertiary alicyclic amines) is 1. The molecule has 1 aliphatic heterocycles. The van der Waals surface area contributed by atoms with Crippen molar-refractivity contribution in [2.45, 2.75) is 39.3 Å². The van der Waals surface area contributed by atoms with Gasteiger partial charge in [-0.25, -0.2) is 8.78 Å². The summed E-state index contributed by atoms with van der Waals surface area (Å²) in [4.78, 5) is 14.2. The molecule has 1 amide bonds. The van der Waals surface area contributed by atoms with Crippen molar-refractivity contribution in [3.8, 4) is 5.75 Å². The Kier molecular flexibility index (Phi) is 4.70. The molecule has 6 heteroatoms. The quantitative estimate of drug-likeness (QED) is 0.932. The number of piperidine rings is 1. The Morgan fingerprint density at radius 2 is 2.09 bits per heavy atom. The van der Waals surface area contributed by atoms with Gasteiger partial charge in [-0.05, 0) is 30.9 Å². The summed E-state index contributed by atoms with van der Waals surface area (Å²) >= 11 is 0. The first-order valence-corrected chi connectivity index (χ1v) is 7.37. The van der Waals surface area contributed by atoms with E-state index in [2.05, 4.69) is 0 Å². The number of amides is 1. The monoisotopic (exact) mass is 312 g/mol. The van der Waals surface area contributed by atoms with E-state index in [-0.39, 0.29) is 23.1 Å². The van der Waals surface area contributed by atoms with Gasteiger partial charge >= 0.3 is 0 Å². The number of ether oxygens (including phenoxy) is 1. The van der Waals surface area contributed by atoms with Crippen LogP contribution in [0.15, 0.2) is 18.2 Å². The zero-order valence-corrected chi connectivity index (χ0v) is 13.1. The highest BCUT2D eigenvalue weighted by atomic mass is 19.2. The first-order valence-electron chi connectivity index (χ1n) is 7.37. The number of carbonyl (C=O) groups is 1. The number of hydrogen-bond acceptors (Lipinski definition) is 3. The summed E-state index contributed by atoms with van der Waals surface area (Å²) in [6.07, 6.45) is -0.0358. The van der Waals surface area contributed by atoms with Gasteiger partial charge in [0.2, 0.25) is 0 Å². The molecule has 4 nitrogen and oxygen atoms in total. The van der Waals surface area contributed by atoms with Gasteiger partial charge in [0.1, 0.15) is 5.75 Å². The largest absolute Gasteiger partial charge is 0.481 e. The molecule has 2 atom stereocenters. The molecule has 0 radical (unpaired) electrons. The number of nitrogens with zero attached hydrogens (tertiary/aromatic N) is 1. The Balaban J connectivity index is 2.01. The van der Waals surface area contributed by atoms with E-state index in [0.29, 0.717) is 13.1 Å². The third kappa shape index (κ3) is 3.55. The predicted molar refractivity (Wildman–Crippen MR) is 79.4 cm³/mol. The van der Waals surface area contributed by atoms with Crippen molar-refractivity contribution in [3.05, 3.63) is 29.8 Å². The standard InChI is InChI=1S/C16H22F2N2O2/c1-10(22-11-4-5-12(17)13(18)8-11)15(21)20-7-6-14(19)16(2,3)9-20/h4-5,8,10,14H,6-7,9,19H2,1-3H3. The highest BCUT2D eigenvalue weighted by molar-refractivity contribution is 5.81. The van der Waals surface area contributed by atoms with Gasteiger partial charge in [-0.1, -0.05) is 13.8 Å². The molecule has 1 heterocycles. The second-order valence-corrected chi connectivity index (χ2v) is 6.48. The molecule has 1 saturated heterocycles. The number of nitrogens with two attached hydrogens (primary N) is 1. The lowest BCUT2D eigenvalue weighted by Gasteiger charge is -2.43. The average molecular weight is 312 g/mol. The van der Waals surface area contributed by atoms with Crippen LogP contribution >= 0.6 is 0 Å². The van der Waals surface area contributed by atoms with Gasteiger partial charge in [-0.15, -0.1) is 0 Å². The van der Waals surface area contributed by atoms with Crippen LogP contribution < -0.4 is 10.5 Å². The van der Waals surface area contributed by atoms with Crippen LogP contribution in [0.3, 0.4) is 0 Å². The Labute approximate surface area is 129 Å². The summed E-state index contributed by atoms with van der Waals surface area (Å²) in [5.41, 5.74) is 5.90. The summed E-state index contributed by atoms with van der Waals surface area (Å²) in [6, 6.07) is 3.28. The SMILES string of the molecule is CC(Oc1ccc(F)c(F)c1)C(=O)N1CCC(N)C(C)(C)C1. The van der Waals surface area contributed by atoms with Crippen molar-refractivity contribution in [2.75, 3.05) is 13.1 Å². The fourth-order valence-electron chi connectivity index (χ4n) is 2.62. The van der Waals surface area contributed by atoms with Crippen molar-refractivity contribution in [1.29, 1.82) is 0 Å². The van der Waals surface area contributed by atoms with Gasteiger partial charge in [-0.3, -0.25) is 4.79 Å². The van der Waals surface area contributed by atoms with E-state index in [1.54, 1.807) is 11.8 Å². The smallest absolute Gasteiger partial charge is 0.263 e. The highest BCUT2D eigenvalue weighted by Crippen LogP contribution is 2.28. The van der Waals surface area contributed by atoms with E-state index in [1.165, 1.54) is 6.07 Å². The number of benzene rings is 1. The van der Waals surface area contributed by atoms with Crippen LogP contribution in [0.2, 0.25) is 0 Å². The molecule has 0 spiro atoms. The number of hydrogen-bond donors (Lipinski definition) is 1. The van der Waals surface area contributed by atoms with Crippen LogP contribution in [0.4, 0.5) is 8.78 Å². The first kappa shape index (κ1) is 16.7.